The minimum Gasteiger partial charge on any atom is -0.0654 e. The smallest absolute Gasteiger partial charge is 0.0245 e. The van der Waals surface area contributed by atoms with E-state index < -0.39 is 0 Å². The number of unbranched alkanes of at least 4 members (excludes halogenated alkanes) is 10. The Kier molecular flexibility index (Phi) is 10.3. The minimum atomic E-state index is 1.14. The van der Waals surface area contributed by atoms with Gasteiger partial charge < -0.3 is 0 Å². The summed E-state index contributed by atoms with van der Waals surface area (Å²) in [4.78, 5) is 0. The molecule has 0 atom stereocenters. The van der Waals surface area contributed by atoms with Crippen molar-refractivity contribution >= 4 is 0 Å². The second-order valence-electron chi connectivity index (χ2n) is 6.47. The molecule has 1 aromatic rings. The highest BCUT2D eigenvalue weighted by atomic mass is 14.1. The Balaban J connectivity index is 1.94. The summed E-state index contributed by atoms with van der Waals surface area (Å²) in [5, 5.41) is 0. The summed E-state index contributed by atoms with van der Waals surface area (Å²) in [6.45, 7) is 6.74. The third-order valence-electron chi connectivity index (χ3n) is 4.59. The molecule has 0 saturated heterocycles. The normalized spacial score (nSPS) is 11.0. The van der Waals surface area contributed by atoms with Gasteiger partial charge in [0.1, 0.15) is 0 Å². The van der Waals surface area contributed by atoms with Gasteiger partial charge >= 0.3 is 0 Å². The first-order valence-electron chi connectivity index (χ1n) is 9.12. The van der Waals surface area contributed by atoms with E-state index in [1.165, 1.54) is 80.9 Å². The van der Waals surface area contributed by atoms with Crippen molar-refractivity contribution in [1.82, 2.24) is 0 Å². The maximum atomic E-state index is 2.48. The number of hydrogen-bond acceptors (Lipinski definition) is 0. The lowest BCUT2D eigenvalue weighted by molar-refractivity contribution is 0.563. The summed E-state index contributed by atoms with van der Waals surface area (Å²) in [5.41, 5.74) is 4.40. The summed E-state index contributed by atoms with van der Waals surface area (Å²) in [7, 11) is 0. The standard InChI is InChI=1S/C21H35/c1-4-5-6-7-8-9-10-11-12-13-14-17-21-18-15-16-19(2)20(21)3/h14-16,18H,4-13,17H2,1-3H3. The summed E-state index contributed by atoms with van der Waals surface area (Å²) in [6, 6.07) is 6.67. The minimum absolute atomic E-state index is 1.14. The number of benzene rings is 1. The van der Waals surface area contributed by atoms with Crippen LogP contribution < -0.4 is 0 Å². The van der Waals surface area contributed by atoms with Gasteiger partial charge in [0.2, 0.25) is 0 Å². The highest BCUT2D eigenvalue weighted by Gasteiger charge is 2.00. The van der Waals surface area contributed by atoms with Crippen LogP contribution in [0.1, 0.15) is 87.8 Å². The molecule has 1 aromatic carbocycles. The Bertz CT molecular complexity index is 364. The van der Waals surface area contributed by atoms with Crippen LogP contribution in [0, 0.1) is 20.3 Å². The van der Waals surface area contributed by atoms with Gasteiger partial charge in [-0.3, -0.25) is 0 Å². The van der Waals surface area contributed by atoms with Crippen molar-refractivity contribution in [3.63, 3.8) is 0 Å². The van der Waals surface area contributed by atoms with Gasteiger partial charge in [-0.15, -0.1) is 0 Å². The number of aryl methyl sites for hydroxylation is 1. The first-order chi connectivity index (χ1) is 10.3. The molecule has 0 aromatic heterocycles. The van der Waals surface area contributed by atoms with E-state index in [0.717, 1.165) is 6.42 Å². The van der Waals surface area contributed by atoms with Crippen LogP contribution in [0.15, 0.2) is 18.2 Å². The molecule has 119 valence electrons. The zero-order valence-electron chi connectivity index (χ0n) is 14.6. The molecule has 0 heteroatoms. The molecule has 0 fully saturated rings. The van der Waals surface area contributed by atoms with Crippen LogP contribution in [0.5, 0.6) is 0 Å². The average molecular weight is 288 g/mol. The fourth-order valence-corrected chi connectivity index (χ4v) is 2.89. The van der Waals surface area contributed by atoms with Crippen molar-refractivity contribution in [1.29, 1.82) is 0 Å². The SMILES string of the molecule is CCCCCCCCCCC[CH]Cc1cccc(C)c1C. The van der Waals surface area contributed by atoms with Crippen molar-refractivity contribution in [2.24, 2.45) is 0 Å². The maximum absolute atomic E-state index is 2.48. The van der Waals surface area contributed by atoms with Crippen molar-refractivity contribution < 1.29 is 0 Å². The van der Waals surface area contributed by atoms with Gasteiger partial charge in [0.15, 0.2) is 0 Å². The first-order valence-corrected chi connectivity index (χ1v) is 9.12. The van der Waals surface area contributed by atoms with Crippen molar-refractivity contribution in [2.75, 3.05) is 0 Å². The lowest BCUT2D eigenvalue weighted by Crippen LogP contribution is -1.93. The van der Waals surface area contributed by atoms with Crippen LogP contribution in [-0.2, 0) is 6.42 Å². The van der Waals surface area contributed by atoms with Gasteiger partial charge in [-0.2, -0.15) is 0 Å². The Labute approximate surface area is 133 Å². The summed E-state index contributed by atoms with van der Waals surface area (Å²) >= 11 is 0. The predicted octanol–water partition coefficient (Wildman–Crippen LogP) is 6.97. The van der Waals surface area contributed by atoms with E-state index in [0.29, 0.717) is 0 Å². The molecule has 0 amide bonds. The third-order valence-corrected chi connectivity index (χ3v) is 4.59. The molecule has 0 N–H and O–H groups in total. The fraction of sp³-hybridized carbons (Fsp3) is 0.667. The van der Waals surface area contributed by atoms with E-state index >= 15 is 0 Å². The molecule has 0 unspecified atom stereocenters. The van der Waals surface area contributed by atoms with Gasteiger partial charge in [0.05, 0.1) is 0 Å². The third kappa shape index (κ3) is 8.29. The molecular weight excluding hydrogens is 252 g/mol. The van der Waals surface area contributed by atoms with Gasteiger partial charge in [-0.05, 0) is 49.8 Å². The molecule has 0 aliphatic heterocycles. The molecule has 0 aliphatic rings. The van der Waals surface area contributed by atoms with Crippen LogP contribution in [0.2, 0.25) is 0 Å². The highest BCUT2D eigenvalue weighted by molar-refractivity contribution is 5.33. The Morgan fingerprint density at radius 2 is 1.43 bits per heavy atom. The fourth-order valence-electron chi connectivity index (χ4n) is 2.89. The molecule has 1 rings (SSSR count). The summed E-state index contributed by atoms with van der Waals surface area (Å²) < 4.78 is 0. The second kappa shape index (κ2) is 11.8. The monoisotopic (exact) mass is 287 g/mol. The number of hydrogen-bond donors (Lipinski definition) is 0. The lowest BCUT2D eigenvalue weighted by atomic mass is 9.98. The quantitative estimate of drug-likeness (QED) is 0.364. The lowest BCUT2D eigenvalue weighted by Gasteiger charge is -2.08. The predicted molar refractivity (Wildman–Crippen MR) is 95.8 cm³/mol. The molecule has 0 heterocycles. The van der Waals surface area contributed by atoms with Crippen LogP contribution in [0.4, 0.5) is 0 Å². The average Bonchev–Trinajstić information content (AvgIpc) is 2.49. The Morgan fingerprint density at radius 1 is 0.810 bits per heavy atom. The van der Waals surface area contributed by atoms with Crippen molar-refractivity contribution in [2.45, 2.75) is 91.4 Å². The maximum Gasteiger partial charge on any atom is -0.0245 e. The molecule has 21 heavy (non-hydrogen) atoms. The van der Waals surface area contributed by atoms with E-state index in [-0.39, 0.29) is 0 Å². The molecule has 0 aliphatic carbocycles. The van der Waals surface area contributed by atoms with E-state index in [1.54, 1.807) is 0 Å². The Hall–Kier alpha value is -0.780. The number of rotatable bonds is 12. The van der Waals surface area contributed by atoms with Gasteiger partial charge in [-0.25, -0.2) is 0 Å². The molecule has 0 spiro atoms. The summed E-state index contributed by atoms with van der Waals surface area (Å²) in [6.07, 6.45) is 17.7. The summed E-state index contributed by atoms with van der Waals surface area (Å²) in [5.74, 6) is 0. The zero-order chi connectivity index (χ0) is 15.3. The van der Waals surface area contributed by atoms with E-state index in [4.69, 9.17) is 0 Å². The largest absolute Gasteiger partial charge is 0.0654 e. The van der Waals surface area contributed by atoms with Crippen LogP contribution in [0.3, 0.4) is 0 Å². The zero-order valence-corrected chi connectivity index (χ0v) is 14.6. The first kappa shape index (κ1) is 18.3. The van der Waals surface area contributed by atoms with Crippen LogP contribution >= 0.6 is 0 Å². The van der Waals surface area contributed by atoms with Crippen molar-refractivity contribution in [3.8, 4) is 0 Å². The molecule has 0 nitrogen and oxygen atoms in total. The van der Waals surface area contributed by atoms with Gasteiger partial charge in [0, 0.05) is 0 Å². The Morgan fingerprint density at radius 3 is 2.10 bits per heavy atom. The van der Waals surface area contributed by atoms with Gasteiger partial charge in [0.25, 0.3) is 0 Å². The molecule has 0 bridgehead atoms. The van der Waals surface area contributed by atoms with E-state index in [2.05, 4.69) is 45.4 Å². The molecule has 0 saturated carbocycles. The van der Waals surface area contributed by atoms with E-state index in [9.17, 15) is 0 Å². The van der Waals surface area contributed by atoms with Gasteiger partial charge in [-0.1, -0.05) is 82.9 Å². The topological polar surface area (TPSA) is 0 Å². The molecular formula is C21H35. The van der Waals surface area contributed by atoms with E-state index in [1.807, 2.05) is 0 Å². The molecule has 1 radical (unpaired) electrons. The van der Waals surface area contributed by atoms with Crippen molar-refractivity contribution in [3.05, 3.63) is 41.3 Å². The van der Waals surface area contributed by atoms with Crippen LogP contribution in [0.25, 0.3) is 0 Å². The van der Waals surface area contributed by atoms with Crippen LogP contribution in [-0.4, -0.2) is 0 Å². The highest BCUT2D eigenvalue weighted by Crippen LogP contribution is 2.16. The second-order valence-corrected chi connectivity index (χ2v) is 6.47.